The van der Waals surface area contributed by atoms with Gasteiger partial charge in [0.1, 0.15) is 0 Å². The second-order valence-electron chi connectivity index (χ2n) is 5.84. The first-order valence-electron chi connectivity index (χ1n) is 7.17. The summed E-state index contributed by atoms with van der Waals surface area (Å²) in [6.45, 7) is 9.61. The van der Waals surface area contributed by atoms with Gasteiger partial charge in [0.15, 0.2) is 0 Å². The third-order valence-corrected chi connectivity index (χ3v) is 4.67. The van der Waals surface area contributed by atoms with E-state index in [1.807, 2.05) is 0 Å². The Morgan fingerprint density at radius 2 is 1.89 bits per heavy atom. The molecule has 0 radical (unpaired) electrons. The van der Waals surface area contributed by atoms with Gasteiger partial charge in [0.05, 0.1) is 5.69 Å². The molecule has 0 bridgehead atoms. The summed E-state index contributed by atoms with van der Waals surface area (Å²) in [5.41, 5.74) is 2.40. The highest BCUT2D eigenvalue weighted by molar-refractivity contribution is 6.21. The fraction of sp³-hybridized carbons (Fsp3) is 0.800. The Morgan fingerprint density at radius 3 is 2.32 bits per heavy atom. The lowest BCUT2D eigenvalue weighted by Crippen LogP contribution is -2.31. The summed E-state index contributed by atoms with van der Waals surface area (Å²) in [4.78, 5) is 0. The normalized spacial score (nSPS) is 12.4. The number of halogens is 2. The minimum Gasteiger partial charge on any atom is -0.270 e. The fourth-order valence-electron chi connectivity index (χ4n) is 2.67. The number of hydrogen-bond acceptors (Lipinski definition) is 1. The smallest absolute Gasteiger partial charge is 0.0624 e. The number of hydrogen-bond donors (Lipinski definition) is 0. The Kier molecular flexibility index (Phi) is 6.68. The molecule has 0 aromatic carbocycles. The molecule has 1 heterocycles. The molecule has 2 nitrogen and oxygen atoms in total. The van der Waals surface area contributed by atoms with Gasteiger partial charge in [-0.1, -0.05) is 20.8 Å². The van der Waals surface area contributed by atoms with Crippen LogP contribution in [-0.2, 0) is 19.4 Å². The Labute approximate surface area is 127 Å². The van der Waals surface area contributed by atoms with E-state index < -0.39 is 0 Å². The molecular weight excluding hydrogens is 279 g/mol. The van der Waals surface area contributed by atoms with Crippen molar-refractivity contribution < 1.29 is 0 Å². The minimum absolute atomic E-state index is 0.0186. The maximum absolute atomic E-state index is 6.24. The molecule has 1 aromatic rings. The Hall–Kier alpha value is -0.210. The van der Waals surface area contributed by atoms with Crippen molar-refractivity contribution in [3.8, 4) is 0 Å². The monoisotopic (exact) mass is 304 g/mol. The largest absolute Gasteiger partial charge is 0.270 e. The van der Waals surface area contributed by atoms with Crippen molar-refractivity contribution >= 4 is 23.2 Å². The average molecular weight is 305 g/mol. The summed E-state index contributed by atoms with van der Waals surface area (Å²) in [7, 11) is 0. The summed E-state index contributed by atoms with van der Waals surface area (Å²) < 4.78 is 2.09. The first-order chi connectivity index (χ1) is 9.00. The van der Waals surface area contributed by atoms with Gasteiger partial charge in [0.25, 0.3) is 0 Å². The van der Waals surface area contributed by atoms with E-state index in [9.17, 15) is 0 Å². The zero-order valence-electron chi connectivity index (χ0n) is 12.5. The Morgan fingerprint density at radius 1 is 1.26 bits per heavy atom. The highest BCUT2D eigenvalue weighted by Crippen LogP contribution is 2.34. The predicted octanol–water partition coefficient (Wildman–Crippen LogP) is 4.52. The molecule has 0 saturated carbocycles. The van der Waals surface area contributed by atoms with Crippen molar-refractivity contribution in [3.63, 3.8) is 0 Å². The highest BCUT2D eigenvalue weighted by atomic mass is 35.5. The van der Waals surface area contributed by atoms with Crippen LogP contribution in [0.25, 0.3) is 0 Å². The summed E-state index contributed by atoms with van der Waals surface area (Å²) in [5, 5.41) is 4.61. The topological polar surface area (TPSA) is 17.8 Å². The molecule has 1 rings (SSSR count). The third-order valence-electron chi connectivity index (χ3n) is 3.54. The second-order valence-corrected chi connectivity index (χ2v) is 6.37. The van der Waals surface area contributed by atoms with E-state index in [-0.39, 0.29) is 5.41 Å². The highest BCUT2D eigenvalue weighted by Gasteiger charge is 2.31. The number of aromatic nitrogens is 2. The Bertz CT molecular complexity index is 381. The summed E-state index contributed by atoms with van der Waals surface area (Å²) in [6.07, 6.45) is 2.94. The Balaban J connectivity index is 2.98. The quantitative estimate of drug-likeness (QED) is 0.646. The number of nitrogens with zero attached hydrogens (tertiary/aromatic N) is 2. The van der Waals surface area contributed by atoms with Gasteiger partial charge in [-0.05, 0) is 38.2 Å². The molecule has 4 heteroatoms. The van der Waals surface area contributed by atoms with Crippen LogP contribution >= 0.6 is 23.2 Å². The molecule has 0 saturated heterocycles. The zero-order chi connectivity index (χ0) is 14.5. The van der Waals surface area contributed by atoms with E-state index in [4.69, 9.17) is 23.2 Å². The van der Waals surface area contributed by atoms with Crippen LogP contribution in [0.5, 0.6) is 0 Å². The first kappa shape index (κ1) is 16.8. The van der Waals surface area contributed by atoms with Gasteiger partial charge >= 0.3 is 0 Å². The molecule has 19 heavy (non-hydrogen) atoms. The van der Waals surface area contributed by atoms with Crippen molar-refractivity contribution in [1.29, 1.82) is 0 Å². The standard InChI is InChI=1S/C15H26Cl2N2/c1-5-13-7-14(19(6-2)18-13)9-15(10-16,11-17)8-12(3)4/h7,12H,5-6,8-11H2,1-4H3. The van der Waals surface area contributed by atoms with Gasteiger partial charge in [-0.2, -0.15) is 5.10 Å². The molecule has 0 N–H and O–H groups in total. The van der Waals surface area contributed by atoms with Gasteiger partial charge in [-0.3, -0.25) is 4.68 Å². The van der Waals surface area contributed by atoms with Crippen molar-refractivity contribution in [3.05, 3.63) is 17.5 Å². The van der Waals surface area contributed by atoms with Crippen molar-refractivity contribution in [2.24, 2.45) is 11.3 Å². The molecule has 0 atom stereocenters. The van der Waals surface area contributed by atoms with Crippen LogP contribution in [0.4, 0.5) is 0 Å². The van der Waals surface area contributed by atoms with E-state index >= 15 is 0 Å². The van der Waals surface area contributed by atoms with Crippen LogP contribution in [0.15, 0.2) is 6.07 Å². The van der Waals surface area contributed by atoms with Crippen LogP contribution in [0.1, 0.15) is 45.5 Å². The second kappa shape index (κ2) is 7.54. The van der Waals surface area contributed by atoms with Gasteiger partial charge < -0.3 is 0 Å². The maximum Gasteiger partial charge on any atom is 0.0624 e. The van der Waals surface area contributed by atoms with Crippen molar-refractivity contribution in [2.75, 3.05) is 11.8 Å². The number of rotatable bonds is 8. The SMILES string of the molecule is CCc1cc(CC(CCl)(CCl)CC(C)C)n(CC)n1. The lowest BCUT2D eigenvalue weighted by atomic mass is 9.79. The predicted molar refractivity (Wildman–Crippen MR) is 84.3 cm³/mol. The van der Waals surface area contributed by atoms with Gasteiger partial charge in [0, 0.05) is 29.4 Å². The van der Waals surface area contributed by atoms with E-state index in [0.717, 1.165) is 31.5 Å². The molecule has 0 aliphatic rings. The van der Waals surface area contributed by atoms with E-state index in [0.29, 0.717) is 17.7 Å². The molecule has 0 aliphatic carbocycles. The van der Waals surface area contributed by atoms with Crippen LogP contribution < -0.4 is 0 Å². The third kappa shape index (κ3) is 4.39. The van der Waals surface area contributed by atoms with Gasteiger partial charge in [-0.25, -0.2) is 0 Å². The molecule has 1 aromatic heterocycles. The van der Waals surface area contributed by atoms with Gasteiger partial charge in [-0.15, -0.1) is 23.2 Å². The van der Waals surface area contributed by atoms with Crippen LogP contribution in [0.2, 0.25) is 0 Å². The van der Waals surface area contributed by atoms with Crippen LogP contribution in [0, 0.1) is 11.3 Å². The summed E-state index contributed by atoms with van der Waals surface area (Å²) in [6, 6.07) is 2.21. The number of alkyl halides is 2. The van der Waals surface area contributed by atoms with Crippen molar-refractivity contribution in [2.45, 2.75) is 53.5 Å². The molecular formula is C15H26Cl2N2. The maximum atomic E-state index is 6.24. The summed E-state index contributed by atoms with van der Waals surface area (Å²) in [5.74, 6) is 1.80. The van der Waals surface area contributed by atoms with E-state index in [1.54, 1.807) is 0 Å². The minimum atomic E-state index is -0.0186. The fourth-order valence-corrected chi connectivity index (χ4v) is 3.36. The molecule has 0 spiro atoms. The molecule has 0 unspecified atom stereocenters. The zero-order valence-corrected chi connectivity index (χ0v) is 14.1. The van der Waals surface area contributed by atoms with Crippen LogP contribution in [-0.4, -0.2) is 21.5 Å². The lowest BCUT2D eigenvalue weighted by Gasteiger charge is -2.31. The molecule has 0 amide bonds. The molecule has 110 valence electrons. The van der Waals surface area contributed by atoms with Crippen LogP contribution in [0.3, 0.4) is 0 Å². The molecule has 0 aliphatic heterocycles. The van der Waals surface area contributed by atoms with Crippen molar-refractivity contribution in [1.82, 2.24) is 9.78 Å². The van der Waals surface area contributed by atoms with E-state index in [2.05, 4.69) is 43.5 Å². The number of aryl methyl sites for hydroxylation is 2. The first-order valence-corrected chi connectivity index (χ1v) is 8.24. The summed E-state index contributed by atoms with van der Waals surface area (Å²) >= 11 is 12.5. The lowest BCUT2D eigenvalue weighted by molar-refractivity contribution is 0.288. The van der Waals surface area contributed by atoms with E-state index in [1.165, 1.54) is 5.69 Å². The molecule has 0 fully saturated rings. The average Bonchev–Trinajstić information content (AvgIpc) is 2.79. The van der Waals surface area contributed by atoms with Gasteiger partial charge in [0.2, 0.25) is 0 Å².